The fraction of sp³-hybridized carbons (Fsp3) is 0. The number of ether oxygens (including phenoxy) is 1. The van der Waals surface area contributed by atoms with Crippen LogP contribution in [0.25, 0.3) is 5.69 Å². The van der Waals surface area contributed by atoms with Crippen molar-refractivity contribution in [1.29, 1.82) is 5.26 Å². The van der Waals surface area contributed by atoms with Gasteiger partial charge in [-0.2, -0.15) is 10.2 Å². The Morgan fingerprint density at radius 3 is 2.67 bits per heavy atom. The number of benzene rings is 2. The predicted octanol–water partition coefficient (Wildman–Crippen LogP) is 2.51. The zero-order valence-electron chi connectivity index (χ0n) is 11.0. The van der Waals surface area contributed by atoms with Gasteiger partial charge in [0, 0.05) is 0 Å². The Kier molecular flexibility index (Phi) is 3.23. The second kappa shape index (κ2) is 5.35. The monoisotopic (exact) mass is 277 g/mol. The summed E-state index contributed by atoms with van der Waals surface area (Å²) in [5, 5.41) is 13.2. The largest absolute Gasteiger partial charge is 0.421 e. The lowest BCUT2D eigenvalue weighted by Crippen LogP contribution is -1.97. The first-order valence-corrected chi connectivity index (χ1v) is 6.21. The van der Waals surface area contributed by atoms with Crippen molar-refractivity contribution in [2.45, 2.75) is 0 Å². The SMILES string of the molecule is N#Cc1cccc(Oc2ncn(-c3ccccc3)n2)c1N. The number of rotatable bonds is 3. The Morgan fingerprint density at radius 1 is 1.10 bits per heavy atom. The number of nitrogens with two attached hydrogens (primary N) is 1. The molecule has 2 N–H and O–H groups in total. The van der Waals surface area contributed by atoms with E-state index in [1.807, 2.05) is 36.4 Å². The lowest BCUT2D eigenvalue weighted by Gasteiger charge is -2.05. The van der Waals surface area contributed by atoms with Crippen molar-refractivity contribution < 1.29 is 4.74 Å². The smallest absolute Gasteiger partial charge is 0.341 e. The van der Waals surface area contributed by atoms with Crippen LogP contribution in [0.2, 0.25) is 0 Å². The highest BCUT2D eigenvalue weighted by Gasteiger charge is 2.10. The van der Waals surface area contributed by atoms with Crippen LogP contribution < -0.4 is 10.5 Å². The molecule has 1 heterocycles. The molecular formula is C15H11N5O. The van der Waals surface area contributed by atoms with Gasteiger partial charge in [0.25, 0.3) is 0 Å². The first-order chi connectivity index (χ1) is 10.3. The van der Waals surface area contributed by atoms with E-state index in [1.165, 1.54) is 0 Å². The third-order valence-corrected chi connectivity index (χ3v) is 2.88. The number of nitriles is 1. The maximum absolute atomic E-state index is 8.94. The molecule has 2 aromatic carbocycles. The Labute approximate surface area is 121 Å². The number of nitrogen functional groups attached to an aromatic ring is 1. The standard InChI is InChI=1S/C15H11N5O/c16-9-11-5-4-8-13(14(11)17)21-15-18-10-20(19-15)12-6-2-1-3-7-12/h1-8,10H,17H2. The van der Waals surface area contributed by atoms with Gasteiger partial charge in [-0.15, -0.1) is 5.10 Å². The highest BCUT2D eigenvalue weighted by Crippen LogP contribution is 2.28. The molecular weight excluding hydrogens is 266 g/mol. The quantitative estimate of drug-likeness (QED) is 0.743. The van der Waals surface area contributed by atoms with Crippen LogP contribution in [0.3, 0.4) is 0 Å². The molecule has 102 valence electrons. The van der Waals surface area contributed by atoms with E-state index >= 15 is 0 Å². The van der Waals surface area contributed by atoms with Gasteiger partial charge >= 0.3 is 6.01 Å². The summed E-state index contributed by atoms with van der Waals surface area (Å²) in [6, 6.07) is 16.7. The van der Waals surface area contributed by atoms with Crippen molar-refractivity contribution in [3.8, 4) is 23.5 Å². The van der Waals surface area contributed by atoms with Crippen LogP contribution >= 0.6 is 0 Å². The second-order valence-corrected chi connectivity index (χ2v) is 4.24. The summed E-state index contributed by atoms with van der Waals surface area (Å²) in [6.45, 7) is 0. The summed E-state index contributed by atoms with van der Waals surface area (Å²) >= 11 is 0. The molecule has 0 unspecified atom stereocenters. The van der Waals surface area contributed by atoms with Crippen LogP contribution in [0, 0.1) is 11.3 Å². The third kappa shape index (κ3) is 2.53. The van der Waals surface area contributed by atoms with Gasteiger partial charge in [0.15, 0.2) is 5.75 Å². The molecule has 0 aliphatic rings. The Balaban J connectivity index is 1.87. The number of anilines is 1. The van der Waals surface area contributed by atoms with E-state index in [0.717, 1.165) is 5.69 Å². The minimum Gasteiger partial charge on any atom is -0.421 e. The molecule has 0 aliphatic carbocycles. The lowest BCUT2D eigenvalue weighted by molar-refractivity contribution is 0.443. The lowest BCUT2D eigenvalue weighted by atomic mass is 10.2. The molecule has 0 saturated heterocycles. The average Bonchev–Trinajstić information content (AvgIpc) is 2.99. The molecule has 21 heavy (non-hydrogen) atoms. The Hall–Kier alpha value is -3.33. The van der Waals surface area contributed by atoms with Crippen molar-refractivity contribution in [2.75, 3.05) is 5.73 Å². The van der Waals surface area contributed by atoms with E-state index < -0.39 is 0 Å². The summed E-state index contributed by atoms with van der Waals surface area (Å²) < 4.78 is 7.13. The first kappa shape index (κ1) is 12.7. The number of aromatic nitrogens is 3. The van der Waals surface area contributed by atoms with Crippen LogP contribution in [0.1, 0.15) is 5.56 Å². The number of hydrogen-bond acceptors (Lipinski definition) is 5. The van der Waals surface area contributed by atoms with Crippen LogP contribution in [0.5, 0.6) is 11.8 Å². The fourth-order valence-corrected chi connectivity index (χ4v) is 1.83. The molecule has 0 saturated carbocycles. The maximum atomic E-state index is 8.94. The normalized spacial score (nSPS) is 10.0. The van der Waals surface area contributed by atoms with E-state index in [0.29, 0.717) is 11.3 Å². The minimum atomic E-state index is 0.167. The summed E-state index contributed by atoms with van der Waals surface area (Å²) in [5.74, 6) is 0.361. The van der Waals surface area contributed by atoms with Gasteiger partial charge in [0.05, 0.1) is 16.9 Å². The van der Waals surface area contributed by atoms with Gasteiger partial charge < -0.3 is 10.5 Å². The van der Waals surface area contributed by atoms with Gasteiger partial charge in [-0.1, -0.05) is 24.3 Å². The third-order valence-electron chi connectivity index (χ3n) is 2.88. The van der Waals surface area contributed by atoms with E-state index in [4.69, 9.17) is 15.7 Å². The van der Waals surface area contributed by atoms with Gasteiger partial charge in [-0.3, -0.25) is 0 Å². The first-order valence-electron chi connectivity index (χ1n) is 6.21. The minimum absolute atomic E-state index is 0.167. The number of nitrogens with zero attached hydrogens (tertiary/aromatic N) is 4. The molecule has 3 rings (SSSR count). The van der Waals surface area contributed by atoms with Crippen molar-refractivity contribution in [1.82, 2.24) is 14.8 Å². The summed E-state index contributed by atoms with van der Waals surface area (Å²) in [5.41, 5.74) is 7.35. The molecule has 0 bridgehead atoms. The van der Waals surface area contributed by atoms with E-state index in [2.05, 4.69) is 10.1 Å². The molecule has 0 atom stereocenters. The van der Waals surface area contributed by atoms with Gasteiger partial charge in [0.2, 0.25) is 0 Å². The number of hydrogen-bond donors (Lipinski definition) is 1. The predicted molar refractivity (Wildman–Crippen MR) is 77.0 cm³/mol. The molecule has 3 aromatic rings. The highest BCUT2D eigenvalue weighted by atomic mass is 16.5. The van der Waals surface area contributed by atoms with Gasteiger partial charge in [-0.25, -0.2) is 4.68 Å². The van der Waals surface area contributed by atoms with E-state index in [-0.39, 0.29) is 11.7 Å². The van der Waals surface area contributed by atoms with Crippen molar-refractivity contribution in [2.24, 2.45) is 0 Å². The van der Waals surface area contributed by atoms with Crippen LogP contribution in [-0.4, -0.2) is 14.8 Å². The Bertz CT molecular complexity index is 804. The Morgan fingerprint density at radius 2 is 1.90 bits per heavy atom. The molecule has 6 nitrogen and oxygen atoms in total. The summed E-state index contributed by atoms with van der Waals surface area (Å²) in [4.78, 5) is 4.08. The maximum Gasteiger partial charge on any atom is 0.341 e. The van der Waals surface area contributed by atoms with Crippen LogP contribution in [0.15, 0.2) is 54.9 Å². The fourth-order valence-electron chi connectivity index (χ4n) is 1.83. The van der Waals surface area contributed by atoms with Crippen molar-refractivity contribution in [3.05, 3.63) is 60.4 Å². The van der Waals surface area contributed by atoms with E-state index in [1.54, 1.807) is 29.2 Å². The molecule has 0 fully saturated rings. The van der Waals surface area contributed by atoms with Gasteiger partial charge in [0.1, 0.15) is 12.4 Å². The molecule has 0 amide bonds. The van der Waals surface area contributed by atoms with Crippen molar-refractivity contribution in [3.63, 3.8) is 0 Å². The van der Waals surface area contributed by atoms with Crippen molar-refractivity contribution >= 4 is 5.69 Å². The molecule has 6 heteroatoms. The molecule has 0 aliphatic heterocycles. The van der Waals surface area contributed by atoms with Gasteiger partial charge in [-0.05, 0) is 24.3 Å². The molecule has 1 aromatic heterocycles. The average molecular weight is 277 g/mol. The van der Waals surface area contributed by atoms with Crippen LogP contribution in [-0.2, 0) is 0 Å². The number of para-hydroxylation sites is 2. The molecule has 0 spiro atoms. The topological polar surface area (TPSA) is 89.8 Å². The molecule has 0 radical (unpaired) electrons. The zero-order chi connectivity index (χ0) is 14.7. The summed E-state index contributed by atoms with van der Waals surface area (Å²) in [7, 11) is 0. The van der Waals surface area contributed by atoms with E-state index in [9.17, 15) is 0 Å². The zero-order valence-corrected chi connectivity index (χ0v) is 11.0. The second-order valence-electron chi connectivity index (χ2n) is 4.24. The highest BCUT2D eigenvalue weighted by molar-refractivity contribution is 5.63. The summed E-state index contributed by atoms with van der Waals surface area (Å²) in [6.07, 6.45) is 1.55. The van der Waals surface area contributed by atoms with Crippen LogP contribution in [0.4, 0.5) is 5.69 Å².